The van der Waals surface area contributed by atoms with E-state index < -0.39 is 5.41 Å². The molecule has 0 spiro atoms. The molecule has 0 radical (unpaired) electrons. The van der Waals surface area contributed by atoms with E-state index in [1.165, 1.54) is 60.8 Å². The molecule has 0 N–H and O–H groups in total. The molecule has 0 unspecified atom stereocenters. The molecular formula is C49H43N3. The van der Waals surface area contributed by atoms with Crippen molar-refractivity contribution in [2.45, 2.75) is 57.8 Å². The molecule has 0 bridgehead atoms. The van der Waals surface area contributed by atoms with Crippen LogP contribution in [0.4, 0.5) is 0 Å². The number of benzene rings is 5. The Labute approximate surface area is 306 Å². The quantitative estimate of drug-likeness (QED) is 0.186. The van der Waals surface area contributed by atoms with Gasteiger partial charge in [-0.2, -0.15) is 0 Å². The van der Waals surface area contributed by atoms with Gasteiger partial charge in [0.25, 0.3) is 0 Å². The Hall–Kier alpha value is -5.80. The molecule has 3 nitrogen and oxygen atoms in total. The monoisotopic (exact) mass is 673 g/mol. The van der Waals surface area contributed by atoms with Crippen molar-refractivity contribution in [3.8, 4) is 28.1 Å². The Kier molecular flexibility index (Phi) is 7.18. The number of hydrogen-bond donors (Lipinski definition) is 0. The summed E-state index contributed by atoms with van der Waals surface area (Å²) in [4.78, 5) is 9.86. The van der Waals surface area contributed by atoms with E-state index in [4.69, 9.17) is 4.98 Å². The highest BCUT2D eigenvalue weighted by atomic mass is 15.0. The maximum absolute atomic E-state index is 5.18. The Bertz CT molecular complexity index is 2570. The topological polar surface area (TPSA) is 30.7 Å². The number of para-hydroxylation sites is 1. The second kappa shape index (κ2) is 11.6. The van der Waals surface area contributed by atoms with Crippen LogP contribution >= 0.6 is 0 Å². The van der Waals surface area contributed by atoms with Crippen molar-refractivity contribution in [2.24, 2.45) is 0 Å². The summed E-state index contributed by atoms with van der Waals surface area (Å²) in [6.45, 7) is 13.8. The molecule has 0 atom stereocenters. The fourth-order valence-electron chi connectivity index (χ4n) is 8.41. The molecule has 0 saturated heterocycles. The minimum Gasteiger partial charge on any atom is -0.309 e. The maximum Gasteiger partial charge on any atom is 0.0886 e. The smallest absolute Gasteiger partial charge is 0.0886 e. The Balaban J connectivity index is 1.38. The van der Waals surface area contributed by atoms with Gasteiger partial charge in [0.1, 0.15) is 0 Å². The highest BCUT2D eigenvalue weighted by molar-refractivity contribution is 6.09. The van der Waals surface area contributed by atoms with Crippen molar-refractivity contribution in [2.75, 3.05) is 0 Å². The number of rotatable bonds is 4. The van der Waals surface area contributed by atoms with Gasteiger partial charge in [-0.25, -0.2) is 0 Å². The van der Waals surface area contributed by atoms with E-state index in [1.807, 2.05) is 30.6 Å². The van der Waals surface area contributed by atoms with E-state index in [0.29, 0.717) is 0 Å². The molecule has 9 rings (SSSR count). The molecule has 5 aromatic carbocycles. The summed E-state index contributed by atoms with van der Waals surface area (Å²) >= 11 is 0. The van der Waals surface area contributed by atoms with Crippen LogP contribution in [0.5, 0.6) is 0 Å². The Morgan fingerprint density at radius 2 is 1.13 bits per heavy atom. The zero-order valence-corrected chi connectivity index (χ0v) is 30.8. The lowest BCUT2D eigenvalue weighted by molar-refractivity contribution is 0.589. The molecule has 3 aromatic heterocycles. The first-order chi connectivity index (χ1) is 25.0. The van der Waals surface area contributed by atoms with Gasteiger partial charge < -0.3 is 4.57 Å². The van der Waals surface area contributed by atoms with Gasteiger partial charge in [-0.15, -0.1) is 0 Å². The average molecular weight is 674 g/mol. The van der Waals surface area contributed by atoms with Crippen LogP contribution in [0.3, 0.4) is 0 Å². The molecule has 1 aliphatic rings. The van der Waals surface area contributed by atoms with Gasteiger partial charge in [0.15, 0.2) is 0 Å². The zero-order chi connectivity index (χ0) is 35.8. The predicted molar refractivity (Wildman–Crippen MR) is 217 cm³/mol. The third-order valence-electron chi connectivity index (χ3n) is 11.1. The number of pyridine rings is 2. The van der Waals surface area contributed by atoms with Gasteiger partial charge in [-0.1, -0.05) is 133 Å². The average Bonchev–Trinajstić information content (AvgIpc) is 3.65. The van der Waals surface area contributed by atoms with E-state index in [1.54, 1.807) is 0 Å². The molecule has 254 valence electrons. The summed E-state index contributed by atoms with van der Waals surface area (Å²) in [5.41, 5.74) is 14.9. The second-order valence-electron chi connectivity index (χ2n) is 16.3. The summed E-state index contributed by atoms with van der Waals surface area (Å²) in [5.74, 6) is 0. The molecule has 0 amide bonds. The molecule has 3 heterocycles. The van der Waals surface area contributed by atoms with Crippen LogP contribution in [0.25, 0.3) is 49.9 Å². The standard InChI is InChI=1S/C49H43N3/c1-47(2,3)33-21-24-41-39(29-33)40-30-34(48(4,5)6)22-25-42(40)49(41,46-19-10-12-27-51-46)35-20-23-38-37-16-7-8-18-44(37)52(45(38)31-35)36-15-13-14-32(28-36)43-17-9-11-26-50-43/h7-31H,1-6H3. The largest absolute Gasteiger partial charge is 0.309 e. The van der Waals surface area contributed by atoms with Gasteiger partial charge in [-0.05, 0) is 98.3 Å². The van der Waals surface area contributed by atoms with Crippen LogP contribution in [0.15, 0.2) is 152 Å². The molecule has 0 aliphatic heterocycles. The Morgan fingerprint density at radius 3 is 1.77 bits per heavy atom. The summed E-state index contributed by atoms with van der Waals surface area (Å²) in [7, 11) is 0. The summed E-state index contributed by atoms with van der Waals surface area (Å²) in [6, 6.07) is 51.4. The third kappa shape index (κ3) is 4.87. The number of hydrogen-bond acceptors (Lipinski definition) is 2. The van der Waals surface area contributed by atoms with Gasteiger partial charge in [0, 0.05) is 34.4 Å². The van der Waals surface area contributed by atoms with Gasteiger partial charge in [0.05, 0.1) is 27.8 Å². The molecule has 0 saturated carbocycles. The number of nitrogens with zero attached hydrogens (tertiary/aromatic N) is 3. The normalized spacial score (nSPS) is 13.7. The zero-order valence-electron chi connectivity index (χ0n) is 30.8. The molecule has 3 heteroatoms. The maximum atomic E-state index is 5.18. The van der Waals surface area contributed by atoms with Crippen LogP contribution in [-0.2, 0) is 16.2 Å². The summed E-state index contributed by atoms with van der Waals surface area (Å²) in [5, 5.41) is 2.46. The van der Waals surface area contributed by atoms with E-state index in [0.717, 1.165) is 22.6 Å². The summed E-state index contributed by atoms with van der Waals surface area (Å²) in [6.07, 6.45) is 3.80. The van der Waals surface area contributed by atoms with E-state index in [2.05, 4.69) is 172 Å². The van der Waals surface area contributed by atoms with E-state index in [9.17, 15) is 0 Å². The molecular weight excluding hydrogens is 631 g/mol. The van der Waals surface area contributed by atoms with Crippen LogP contribution in [0, 0.1) is 0 Å². The fourth-order valence-corrected chi connectivity index (χ4v) is 8.41. The fraction of sp³-hybridized carbons (Fsp3) is 0.184. The molecule has 0 fully saturated rings. The highest BCUT2D eigenvalue weighted by Gasteiger charge is 2.48. The minimum atomic E-state index is -0.621. The van der Waals surface area contributed by atoms with Crippen molar-refractivity contribution in [1.29, 1.82) is 0 Å². The SMILES string of the molecule is CC(C)(C)c1ccc2c(c1)-c1cc(C(C)(C)C)ccc1C2(c1ccc2c3ccccc3n(-c3cccc(-c4ccccn4)c3)c2c1)c1ccccn1. The minimum absolute atomic E-state index is 0.0106. The predicted octanol–water partition coefficient (Wildman–Crippen LogP) is 12.2. The lowest BCUT2D eigenvalue weighted by atomic mass is 9.69. The van der Waals surface area contributed by atoms with Crippen LogP contribution < -0.4 is 0 Å². The van der Waals surface area contributed by atoms with Crippen LogP contribution in [-0.4, -0.2) is 14.5 Å². The summed E-state index contributed by atoms with van der Waals surface area (Å²) < 4.78 is 2.43. The third-order valence-corrected chi connectivity index (χ3v) is 11.1. The van der Waals surface area contributed by atoms with Gasteiger partial charge in [0.2, 0.25) is 0 Å². The van der Waals surface area contributed by atoms with Crippen molar-refractivity contribution in [3.63, 3.8) is 0 Å². The molecule has 52 heavy (non-hydrogen) atoms. The first-order valence-electron chi connectivity index (χ1n) is 18.3. The first kappa shape index (κ1) is 32.1. The highest BCUT2D eigenvalue weighted by Crippen LogP contribution is 2.57. The van der Waals surface area contributed by atoms with Crippen LogP contribution in [0.1, 0.15) is 75.1 Å². The van der Waals surface area contributed by atoms with Crippen LogP contribution in [0.2, 0.25) is 0 Å². The number of fused-ring (bicyclic) bond motifs is 6. The Morgan fingerprint density at radius 1 is 0.500 bits per heavy atom. The van der Waals surface area contributed by atoms with Crippen molar-refractivity contribution >= 4 is 21.8 Å². The van der Waals surface area contributed by atoms with E-state index >= 15 is 0 Å². The number of aromatic nitrogens is 3. The van der Waals surface area contributed by atoms with E-state index in [-0.39, 0.29) is 10.8 Å². The first-order valence-corrected chi connectivity index (χ1v) is 18.3. The molecule has 8 aromatic rings. The van der Waals surface area contributed by atoms with Crippen molar-refractivity contribution in [1.82, 2.24) is 14.5 Å². The van der Waals surface area contributed by atoms with Crippen molar-refractivity contribution < 1.29 is 0 Å². The molecule has 1 aliphatic carbocycles. The second-order valence-corrected chi connectivity index (χ2v) is 16.3. The van der Waals surface area contributed by atoms with Gasteiger partial charge >= 0.3 is 0 Å². The lowest BCUT2D eigenvalue weighted by Gasteiger charge is -2.33. The van der Waals surface area contributed by atoms with Gasteiger partial charge in [-0.3, -0.25) is 9.97 Å². The lowest BCUT2D eigenvalue weighted by Crippen LogP contribution is -2.30. The van der Waals surface area contributed by atoms with Crippen molar-refractivity contribution in [3.05, 3.63) is 185 Å².